The first-order valence-corrected chi connectivity index (χ1v) is 5.39. The van der Waals surface area contributed by atoms with E-state index in [0.717, 1.165) is 12.8 Å². The van der Waals surface area contributed by atoms with Crippen LogP contribution < -0.4 is 5.32 Å². The zero-order valence-corrected chi connectivity index (χ0v) is 9.31. The van der Waals surface area contributed by atoms with Gasteiger partial charge in [0.15, 0.2) is 0 Å². The van der Waals surface area contributed by atoms with Crippen LogP contribution in [0, 0.1) is 0 Å². The minimum Gasteiger partial charge on any atom is -0.394 e. The Balaban J connectivity index is 2.44. The van der Waals surface area contributed by atoms with Gasteiger partial charge in [0.2, 0.25) is 0 Å². The van der Waals surface area contributed by atoms with Gasteiger partial charge in [-0.05, 0) is 32.7 Å². The number of ether oxygens (including phenoxy) is 1. The van der Waals surface area contributed by atoms with Crippen molar-refractivity contribution in [2.75, 3.05) is 20.3 Å². The highest BCUT2D eigenvalue weighted by Gasteiger charge is 2.37. The van der Waals surface area contributed by atoms with E-state index in [1.54, 1.807) is 7.05 Å². The molecule has 1 rings (SSSR count). The SMILES string of the molecule is CNC1(CO)CCCC(OCC(F)(F)F)C1. The Bertz CT molecular complexity index is 217. The highest BCUT2D eigenvalue weighted by Crippen LogP contribution is 2.30. The average Bonchev–Trinajstić information content (AvgIpc) is 2.26. The topological polar surface area (TPSA) is 41.5 Å². The van der Waals surface area contributed by atoms with E-state index in [0.29, 0.717) is 12.8 Å². The second-order valence-electron chi connectivity index (χ2n) is 4.33. The van der Waals surface area contributed by atoms with Gasteiger partial charge in [0.05, 0.1) is 12.7 Å². The van der Waals surface area contributed by atoms with Crippen molar-refractivity contribution in [3.05, 3.63) is 0 Å². The second-order valence-corrected chi connectivity index (χ2v) is 4.33. The van der Waals surface area contributed by atoms with Crippen molar-refractivity contribution < 1.29 is 23.0 Å². The summed E-state index contributed by atoms with van der Waals surface area (Å²) in [6.45, 7) is -1.28. The molecule has 6 heteroatoms. The van der Waals surface area contributed by atoms with E-state index in [2.05, 4.69) is 5.32 Å². The number of halogens is 3. The van der Waals surface area contributed by atoms with E-state index in [-0.39, 0.29) is 6.61 Å². The van der Waals surface area contributed by atoms with E-state index < -0.39 is 24.4 Å². The lowest BCUT2D eigenvalue weighted by molar-refractivity contribution is -0.190. The Kier molecular flexibility index (Phi) is 4.58. The number of alkyl halides is 3. The van der Waals surface area contributed by atoms with Gasteiger partial charge < -0.3 is 15.2 Å². The molecule has 2 N–H and O–H groups in total. The van der Waals surface area contributed by atoms with Gasteiger partial charge in [-0.3, -0.25) is 0 Å². The van der Waals surface area contributed by atoms with E-state index in [9.17, 15) is 18.3 Å². The third-order valence-electron chi connectivity index (χ3n) is 3.12. The number of aliphatic hydroxyl groups is 1. The maximum absolute atomic E-state index is 12.0. The fraction of sp³-hybridized carbons (Fsp3) is 1.00. The number of rotatable bonds is 4. The summed E-state index contributed by atoms with van der Waals surface area (Å²) in [4.78, 5) is 0. The number of nitrogens with one attached hydrogen (secondary N) is 1. The summed E-state index contributed by atoms with van der Waals surface area (Å²) in [6.07, 6.45) is -2.11. The monoisotopic (exact) mass is 241 g/mol. The van der Waals surface area contributed by atoms with E-state index in [4.69, 9.17) is 4.74 Å². The quantitative estimate of drug-likeness (QED) is 0.783. The van der Waals surface area contributed by atoms with Crippen LogP contribution >= 0.6 is 0 Å². The lowest BCUT2D eigenvalue weighted by Crippen LogP contribution is -2.51. The zero-order valence-electron chi connectivity index (χ0n) is 9.31. The minimum atomic E-state index is -4.28. The number of likely N-dealkylation sites (N-methyl/N-ethyl adjacent to an activating group) is 1. The molecule has 2 atom stereocenters. The van der Waals surface area contributed by atoms with Gasteiger partial charge >= 0.3 is 6.18 Å². The van der Waals surface area contributed by atoms with Crippen LogP contribution in [-0.4, -0.2) is 43.2 Å². The molecule has 0 amide bonds. The van der Waals surface area contributed by atoms with Gasteiger partial charge in [0.25, 0.3) is 0 Å². The molecule has 0 aliphatic heterocycles. The fourth-order valence-corrected chi connectivity index (χ4v) is 2.11. The van der Waals surface area contributed by atoms with Crippen LogP contribution in [0.4, 0.5) is 13.2 Å². The van der Waals surface area contributed by atoms with Crippen LogP contribution in [0.3, 0.4) is 0 Å². The summed E-state index contributed by atoms with van der Waals surface area (Å²) in [7, 11) is 1.71. The molecular formula is C10H18F3NO2. The summed E-state index contributed by atoms with van der Waals surface area (Å²) < 4.78 is 40.8. The highest BCUT2D eigenvalue weighted by atomic mass is 19.4. The number of aliphatic hydroxyl groups excluding tert-OH is 1. The molecule has 0 saturated heterocycles. The molecule has 1 aliphatic carbocycles. The molecule has 0 aromatic rings. The second kappa shape index (κ2) is 5.33. The van der Waals surface area contributed by atoms with Crippen molar-refractivity contribution in [2.24, 2.45) is 0 Å². The van der Waals surface area contributed by atoms with Crippen molar-refractivity contribution >= 4 is 0 Å². The van der Waals surface area contributed by atoms with Crippen molar-refractivity contribution in [2.45, 2.75) is 43.5 Å². The first-order valence-electron chi connectivity index (χ1n) is 5.39. The largest absolute Gasteiger partial charge is 0.411 e. The van der Waals surface area contributed by atoms with Gasteiger partial charge in [0, 0.05) is 5.54 Å². The van der Waals surface area contributed by atoms with Crippen LogP contribution in [-0.2, 0) is 4.74 Å². The van der Waals surface area contributed by atoms with E-state index in [1.807, 2.05) is 0 Å². The zero-order chi connectivity index (χ0) is 12.2. The lowest BCUT2D eigenvalue weighted by Gasteiger charge is -2.39. The summed E-state index contributed by atoms with van der Waals surface area (Å²) in [5.74, 6) is 0. The van der Waals surface area contributed by atoms with Gasteiger partial charge in [-0.25, -0.2) is 0 Å². The molecule has 16 heavy (non-hydrogen) atoms. The van der Waals surface area contributed by atoms with Crippen LogP contribution in [0.15, 0.2) is 0 Å². The number of hydrogen-bond donors (Lipinski definition) is 2. The Morgan fingerprint density at radius 3 is 2.69 bits per heavy atom. The molecule has 0 heterocycles. The van der Waals surface area contributed by atoms with E-state index in [1.165, 1.54) is 0 Å². The molecule has 0 spiro atoms. The van der Waals surface area contributed by atoms with Crippen LogP contribution in [0.25, 0.3) is 0 Å². The van der Waals surface area contributed by atoms with Gasteiger partial charge in [0.1, 0.15) is 6.61 Å². The van der Waals surface area contributed by atoms with Crippen LogP contribution in [0.5, 0.6) is 0 Å². The Morgan fingerprint density at radius 2 is 2.19 bits per heavy atom. The Labute approximate surface area is 93.0 Å². The molecule has 1 aliphatic rings. The van der Waals surface area contributed by atoms with Gasteiger partial charge in [-0.15, -0.1) is 0 Å². The normalized spacial score (nSPS) is 31.7. The first-order chi connectivity index (χ1) is 7.41. The van der Waals surface area contributed by atoms with E-state index >= 15 is 0 Å². The minimum absolute atomic E-state index is 0.0740. The molecule has 0 bridgehead atoms. The van der Waals surface area contributed by atoms with Crippen LogP contribution in [0.1, 0.15) is 25.7 Å². The van der Waals surface area contributed by atoms with Crippen molar-refractivity contribution in [1.82, 2.24) is 5.32 Å². The molecule has 96 valence electrons. The molecule has 1 fully saturated rings. The molecular weight excluding hydrogens is 223 g/mol. The van der Waals surface area contributed by atoms with Crippen molar-refractivity contribution in [3.63, 3.8) is 0 Å². The Hall–Kier alpha value is -0.330. The van der Waals surface area contributed by atoms with Crippen LogP contribution in [0.2, 0.25) is 0 Å². The molecule has 3 nitrogen and oxygen atoms in total. The smallest absolute Gasteiger partial charge is 0.394 e. The van der Waals surface area contributed by atoms with Crippen molar-refractivity contribution in [3.8, 4) is 0 Å². The summed E-state index contributed by atoms with van der Waals surface area (Å²) in [6, 6.07) is 0. The molecule has 0 aromatic heterocycles. The summed E-state index contributed by atoms with van der Waals surface area (Å²) in [5.41, 5.74) is -0.478. The first kappa shape index (κ1) is 13.7. The lowest BCUT2D eigenvalue weighted by atomic mass is 9.81. The average molecular weight is 241 g/mol. The molecule has 1 saturated carbocycles. The van der Waals surface area contributed by atoms with Crippen molar-refractivity contribution in [1.29, 1.82) is 0 Å². The fourth-order valence-electron chi connectivity index (χ4n) is 2.11. The summed E-state index contributed by atoms with van der Waals surface area (Å²) >= 11 is 0. The summed E-state index contributed by atoms with van der Waals surface area (Å²) in [5, 5.41) is 12.2. The third kappa shape index (κ3) is 3.92. The standard InChI is InChI=1S/C10H18F3NO2/c1-14-9(6-15)4-2-3-8(5-9)16-7-10(11,12)13/h8,14-15H,2-7H2,1H3. The van der Waals surface area contributed by atoms with Gasteiger partial charge in [-0.1, -0.05) is 0 Å². The molecule has 0 aromatic carbocycles. The predicted molar refractivity (Wildman–Crippen MR) is 53.1 cm³/mol. The van der Waals surface area contributed by atoms with Gasteiger partial charge in [-0.2, -0.15) is 13.2 Å². The maximum Gasteiger partial charge on any atom is 0.411 e. The maximum atomic E-state index is 12.0. The number of hydrogen-bond acceptors (Lipinski definition) is 3. The molecule has 2 unspecified atom stereocenters. The highest BCUT2D eigenvalue weighted by molar-refractivity contribution is 4.92. The molecule has 0 radical (unpaired) electrons. The Morgan fingerprint density at radius 1 is 1.50 bits per heavy atom. The third-order valence-corrected chi connectivity index (χ3v) is 3.12. The predicted octanol–water partition coefficient (Wildman–Crippen LogP) is 1.46.